The summed E-state index contributed by atoms with van der Waals surface area (Å²) in [6, 6.07) is 3.71. The number of sulfonamides is 1. The molecule has 0 aliphatic carbocycles. The molecule has 1 aromatic rings. The first-order chi connectivity index (χ1) is 7.97. The lowest BCUT2D eigenvalue weighted by molar-refractivity contribution is 0.285. The van der Waals surface area contributed by atoms with Crippen LogP contribution in [0.1, 0.15) is 12.8 Å². The van der Waals surface area contributed by atoms with Gasteiger partial charge in [0, 0.05) is 13.2 Å². The Morgan fingerprint density at radius 1 is 1.29 bits per heavy atom. The number of aromatic hydroxyl groups is 1. The van der Waals surface area contributed by atoms with Gasteiger partial charge < -0.3 is 15.9 Å². The number of hydrogen-bond acceptors (Lipinski definition) is 5. The van der Waals surface area contributed by atoms with Gasteiger partial charge in [0.15, 0.2) is 0 Å². The summed E-state index contributed by atoms with van der Waals surface area (Å²) in [6.07, 6.45) is 1.10. The van der Waals surface area contributed by atoms with Crippen LogP contribution >= 0.6 is 0 Å². The molecular formula is C10H16N2O4S. The van der Waals surface area contributed by atoms with E-state index in [9.17, 15) is 13.5 Å². The molecule has 0 aliphatic rings. The van der Waals surface area contributed by atoms with Gasteiger partial charge in [0.05, 0.1) is 10.6 Å². The maximum atomic E-state index is 11.7. The Hall–Kier alpha value is -1.31. The second-order valence-electron chi connectivity index (χ2n) is 3.55. The lowest BCUT2D eigenvalue weighted by Gasteiger charge is -2.07. The quantitative estimate of drug-likeness (QED) is 0.327. The number of phenolic OH excluding ortho intramolecular Hbond substituents is 1. The van der Waals surface area contributed by atoms with Gasteiger partial charge in [0.1, 0.15) is 5.75 Å². The van der Waals surface area contributed by atoms with Crippen LogP contribution in [0.15, 0.2) is 23.1 Å². The van der Waals surface area contributed by atoms with Crippen molar-refractivity contribution in [3.63, 3.8) is 0 Å². The predicted molar refractivity (Wildman–Crippen MR) is 64.0 cm³/mol. The van der Waals surface area contributed by atoms with Crippen LogP contribution in [0.2, 0.25) is 0 Å². The third-order valence-corrected chi connectivity index (χ3v) is 3.64. The van der Waals surface area contributed by atoms with Gasteiger partial charge in [-0.25, -0.2) is 13.1 Å². The number of rotatable bonds is 6. The van der Waals surface area contributed by atoms with Crippen molar-refractivity contribution in [2.24, 2.45) is 0 Å². The molecule has 1 rings (SSSR count). The Morgan fingerprint density at radius 2 is 2.00 bits per heavy atom. The smallest absolute Gasteiger partial charge is 0.240 e. The zero-order valence-corrected chi connectivity index (χ0v) is 10.1. The van der Waals surface area contributed by atoms with E-state index >= 15 is 0 Å². The number of hydrogen-bond donors (Lipinski definition) is 4. The van der Waals surface area contributed by atoms with Crippen molar-refractivity contribution in [1.29, 1.82) is 0 Å². The van der Waals surface area contributed by atoms with Gasteiger partial charge >= 0.3 is 0 Å². The van der Waals surface area contributed by atoms with Crippen LogP contribution in [0.3, 0.4) is 0 Å². The fourth-order valence-electron chi connectivity index (χ4n) is 1.23. The first-order valence-corrected chi connectivity index (χ1v) is 6.64. The maximum absolute atomic E-state index is 11.7. The van der Waals surface area contributed by atoms with Crippen LogP contribution in [0, 0.1) is 0 Å². The second-order valence-corrected chi connectivity index (χ2v) is 5.32. The summed E-state index contributed by atoms with van der Waals surface area (Å²) in [5.41, 5.74) is 5.44. The van der Waals surface area contributed by atoms with Crippen molar-refractivity contribution >= 4 is 15.7 Å². The largest absolute Gasteiger partial charge is 0.506 e. The van der Waals surface area contributed by atoms with Gasteiger partial charge in [-0.2, -0.15) is 0 Å². The minimum absolute atomic E-state index is 0.0109. The van der Waals surface area contributed by atoms with Crippen LogP contribution in [0.5, 0.6) is 5.75 Å². The molecule has 0 saturated heterocycles. The lowest BCUT2D eigenvalue weighted by Crippen LogP contribution is -2.25. The summed E-state index contributed by atoms with van der Waals surface area (Å²) in [4.78, 5) is 0.0109. The van der Waals surface area contributed by atoms with Crippen LogP contribution in [0.25, 0.3) is 0 Å². The highest BCUT2D eigenvalue weighted by molar-refractivity contribution is 7.89. The van der Waals surface area contributed by atoms with Crippen molar-refractivity contribution < 1.29 is 18.6 Å². The van der Waals surface area contributed by atoms with E-state index < -0.39 is 10.0 Å². The highest BCUT2D eigenvalue weighted by Crippen LogP contribution is 2.22. The van der Waals surface area contributed by atoms with Crippen molar-refractivity contribution in [2.75, 3.05) is 18.9 Å². The normalized spacial score (nSPS) is 11.6. The van der Waals surface area contributed by atoms with E-state index in [-0.39, 0.29) is 29.5 Å². The van der Waals surface area contributed by atoms with E-state index in [2.05, 4.69) is 4.72 Å². The lowest BCUT2D eigenvalue weighted by atomic mass is 10.3. The molecule has 0 aromatic heterocycles. The molecule has 0 aliphatic heterocycles. The summed E-state index contributed by atoms with van der Waals surface area (Å²) >= 11 is 0. The second kappa shape index (κ2) is 5.85. The number of nitrogen functional groups attached to an aromatic ring is 1. The first-order valence-electron chi connectivity index (χ1n) is 5.16. The Bertz CT molecular complexity index is 473. The number of aliphatic hydroxyl groups is 1. The van der Waals surface area contributed by atoms with Gasteiger partial charge in [-0.05, 0) is 31.0 Å². The van der Waals surface area contributed by atoms with E-state index in [1.165, 1.54) is 18.2 Å². The summed E-state index contributed by atoms with van der Waals surface area (Å²) < 4.78 is 25.9. The molecule has 0 amide bonds. The van der Waals surface area contributed by atoms with Crippen molar-refractivity contribution in [3.05, 3.63) is 18.2 Å². The molecule has 0 bridgehead atoms. The average Bonchev–Trinajstić information content (AvgIpc) is 2.28. The van der Waals surface area contributed by atoms with Gasteiger partial charge in [-0.3, -0.25) is 0 Å². The number of phenols is 1. The highest BCUT2D eigenvalue weighted by Gasteiger charge is 2.14. The number of anilines is 1. The predicted octanol–water partition coefficient (Wildman–Crippen LogP) is 0.0252. The average molecular weight is 260 g/mol. The van der Waals surface area contributed by atoms with Gasteiger partial charge in [0.25, 0.3) is 0 Å². The van der Waals surface area contributed by atoms with E-state index in [1.54, 1.807) is 0 Å². The van der Waals surface area contributed by atoms with Crippen LogP contribution in [-0.2, 0) is 10.0 Å². The monoisotopic (exact) mass is 260 g/mol. The fourth-order valence-corrected chi connectivity index (χ4v) is 2.34. The Labute approximate surface area is 100 Å². The van der Waals surface area contributed by atoms with Crippen LogP contribution in [0.4, 0.5) is 5.69 Å². The summed E-state index contributed by atoms with van der Waals surface area (Å²) in [5, 5.41) is 17.7. The molecule has 5 N–H and O–H groups in total. The molecule has 6 nitrogen and oxygen atoms in total. The zero-order valence-electron chi connectivity index (χ0n) is 9.26. The molecule has 0 unspecified atom stereocenters. The Kier molecular flexibility index (Phi) is 4.73. The van der Waals surface area contributed by atoms with E-state index in [1.807, 2.05) is 0 Å². The Balaban J connectivity index is 2.72. The van der Waals surface area contributed by atoms with Crippen molar-refractivity contribution in [3.8, 4) is 5.75 Å². The highest BCUT2D eigenvalue weighted by atomic mass is 32.2. The molecule has 0 saturated carbocycles. The number of nitrogens with one attached hydrogen (secondary N) is 1. The SMILES string of the molecule is Nc1cc(S(=O)(=O)NCCCCO)ccc1O. The molecule has 1 aromatic carbocycles. The fraction of sp³-hybridized carbons (Fsp3) is 0.400. The standard InChI is InChI=1S/C10H16N2O4S/c11-9-7-8(3-4-10(9)14)17(15,16)12-5-1-2-6-13/h3-4,7,12-14H,1-2,5-6,11H2. The molecule has 0 heterocycles. The minimum Gasteiger partial charge on any atom is -0.506 e. The van der Waals surface area contributed by atoms with Gasteiger partial charge in [-0.1, -0.05) is 0 Å². The molecule has 0 atom stereocenters. The van der Waals surface area contributed by atoms with E-state index in [4.69, 9.17) is 10.8 Å². The number of aliphatic hydroxyl groups excluding tert-OH is 1. The van der Waals surface area contributed by atoms with Crippen LogP contribution in [-0.4, -0.2) is 31.8 Å². The molecule has 0 spiro atoms. The number of nitrogens with two attached hydrogens (primary N) is 1. The minimum atomic E-state index is -3.60. The van der Waals surface area contributed by atoms with E-state index in [0.717, 1.165) is 0 Å². The first kappa shape index (κ1) is 13.8. The zero-order chi connectivity index (χ0) is 12.9. The third-order valence-electron chi connectivity index (χ3n) is 2.19. The molecule has 7 heteroatoms. The van der Waals surface area contributed by atoms with Crippen molar-refractivity contribution in [2.45, 2.75) is 17.7 Å². The summed E-state index contributed by atoms with van der Waals surface area (Å²) in [5.74, 6) is -0.149. The molecule has 96 valence electrons. The Morgan fingerprint density at radius 3 is 2.59 bits per heavy atom. The molecular weight excluding hydrogens is 244 g/mol. The molecule has 0 fully saturated rings. The number of unbranched alkanes of at least 4 members (excludes halogenated alkanes) is 1. The van der Waals surface area contributed by atoms with Gasteiger partial charge in [-0.15, -0.1) is 0 Å². The van der Waals surface area contributed by atoms with Crippen molar-refractivity contribution in [1.82, 2.24) is 4.72 Å². The topological polar surface area (TPSA) is 113 Å². The van der Waals surface area contributed by atoms with E-state index in [0.29, 0.717) is 12.8 Å². The maximum Gasteiger partial charge on any atom is 0.240 e. The molecule has 0 radical (unpaired) electrons. The summed E-state index contributed by atoms with van der Waals surface area (Å²) in [7, 11) is -3.60. The third kappa shape index (κ3) is 3.88. The number of benzene rings is 1. The van der Waals surface area contributed by atoms with Gasteiger partial charge in [0.2, 0.25) is 10.0 Å². The van der Waals surface area contributed by atoms with Crippen LogP contribution < -0.4 is 10.5 Å². The summed E-state index contributed by atoms with van der Waals surface area (Å²) in [6.45, 7) is 0.289. The molecule has 17 heavy (non-hydrogen) atoms.